The molecule has 0 bridgehead atoms. The molecular weight excluding hydrogens is 270 g/mol. The lowest BCUT2D eigenvalue weighted by Crippen LogP contribution is -2.20. The van der Waals surface area contributed by atoms with Crippen LogP contribution in [0.25, 0.3) is 0 Å². The molecule has 0 aliphatic carbocycles. The van der Waals surface area contributed by atoms with Crippen molar-refractivity contribution < 1.29 is 14.7 Å². The summed E-state index contributed by atoms with van der Waals surface area (Å²) >= 11 is 0. The van der Waals surface area contributed by atoms with Crippen LogP contribution in [0, 0.1) is 13.8 Å². The van der Waals surface area contributed by atoms with Gasteiger partial charge >= 0.3 is 12.0 Å². The van der Waals surface area contributed by atoms with Crippen molar-refractivity contribution in [3.63, 3.8) is 0 Å². The lowest BCUT2D eigenvalue weighted by Gasteiger charge is -2.10. The van der Waals surface area contributed by atoms with Crippen molar-refractivity contribution in [2.45, 2.75) is 13.8 Å². The highest BCUT2D eigenvalue weighted by Crippen LogP contribution is 2.16. The number of nitrogens with zero attached hydrogens (tertiary/aromatic N) is 1. The van der Waals surface area contributed by atoms with Gasteiger partial charge in [0.1, 0.15) is 0 Å². The number of aryl methyl sites for hydroxylation is 2. The van der Waals surface area contributed by atoms with Gasteiger partial charge < -0.3 is 15.7 Å². The average Bonchev–Trinajstić information content (AvgIpc) is 2.43. The highest BCUT2D eigenvalue weighted by molar-refractivity contribution is 6.01. The summed E-state index contributed by atoms with van der Waals surface area (Å²) in [6.45, 7) is 3.55. The zero-order valence-corrected chi connectivity index (χ0v) is 11.7. The lowest BCUT2D eigenvalue weighted by atomic mass is 10.1. The summed E-state index contributed by atoms with van der Waals surface area (Å²) in [6, 6.07) is 6.05. The quantitative estimate of drug-likeness (QED) is 0.808. The van der Waals surface area contributed by atoms with E-state index in [1.54, 1.807) is 37.5 Å². The molecule has 3 N–H and O–H groups in total. The molecule has 2 rings (SSSR count). The van der Waals surface area contributed by atoms with Gasteiger partial charge in [-0.25, -0.2) is 9.59 Å². The Hall–Kier alpha value is -2.89. The Morgan fingerprint density at radius 3 is 2.52 bits per heavy atom. The fraction of sp³-hybridized carbons (Fsp3) is 0.133. The van der Waals surface area contributed by atoms with Gasteiger partial charge in [-0.2, -0.15) is 0 Å². The van der Waals surface area contributed by atoms with Crippen LogP contribution in [-0.4, -0.2) is 22.1 Å². The number of hydrogen-bond donors (Lipinski definition) is 3. The number of anilines is 2. The third-order valence-electron chi connectivity index (χ3n) is 3.01. The van der Waals surface area contributed by atoms with E-state index in [-0.39, 0.29) is 5.56 Å². The molecule has 0 spiro atoms. The Morgan fingerprint density at radius 2 is 1.86 bits per heavy atom. The summed E-state index contributed by atoms with van der Waals surface area (Å²) in [5.74, 6) is -1.03. The molecule has 0 aliphatic rings. The number of carboxylic acid groups (broad SMARTS) is 1. The van der Waals surface area contributed by atoms with Crippen LogP contribution >= 0.6 is 0 Å². The minimum absolute atomic E-state index is 0.158. The van der Waals surface area contributed by atoms with E-state index in [9.17, 15) is 9.59 Å². The molecule has 1 aromatic heterocycles. The van der Waals surface area contributed by atoms with E-state index in [1.165, 1.54) is 6.07 Å². The molecule has 0 aliphatic heterocycles. The van der Waals surface area contributed by atoms with Crippen LogP contribution in [0.2, 0.25) is 0 Å². The number of rotatable bonds is 3. The molecule has 0 saturated carbocycles. The molecule has 1 aromatic carbocycles. The molecule has 108 valence electrons. The fourth-order valence-electron chi connectivity index (χ4n) is 1.81. The van der Waals surface area contributed by atoms with Crippen molar-refractivity contribution in [1.29, 1.82) is 0 Å². The van der Waals surface area contributed by atoms with Crippen molar-refractivity contribution in [3.05, 3.63) is 53.3 Å². The number of aromatic carboxylic acids is 1. The molecular formula is C15H15N3O3. The van der Waals surface area contributed by atoms with Gasteiger partial charge in [0.05, 0.1) is 17.4 Å². The predicted molar refractivity (Wildman–Crippen MR) is 79.8 cm³/mol. The zero-order chi connectivity index (χ0) is 15.4. The van der Waals surface area contributed by atoms with E-state index in [1.807, 2.05) is 6.92 Å². The average molecular weight is 285 g/mol. The number of benzene rings is 1. The fourth-order valence-corrected chi connectivity index (χ4v) is 1.81. The van der Waals surface area contributed by atoms with Gasteiger partial charge in [0.2, 0.25) is 0 Å². The number of pyridine rings is 1. The Morgan fingerprint density at radius 1 is 1.10 bits per heavy atom. The van der Waals surface area contributed by atoms with Gasteiger partial charge in [-0.15, -0.1) is 0 Å². The Balaban J connectivity index is 2.12. The highest BCUT2D eigenvalue weighted by Gasteiger charge is 2.10. The van der Waals surface area contributed by atoms with Crippen LogP contribution in [0.4, 0.5) is 16.2 Å². The van der Waals surface area contributed by atoms with Crippen LogP contribution in [0.5, 0.6) is 0 Å². The normalized spacial score (nSPS) is 10.0. The Labute approximate surface area is 121 Å². The summed E-state index contributed by atoms with van der Waals surface area (Å²) in [6.07, 6.45) is 3.18. The number of carboxylic acids is 1. The Bertz CT molecular complexity index is 698. The van der Waals surface area contributed by atoms with Crippen molar-refractivity contribution in [1.82, 2.24) is 4.98 Å². The maximum absolute atomic E-state index is 11.9. The van der Waals surface area contributed by atoms with Gasteiger partial charge in [-0.3, -0.25) is 4.98 Å². The first-order chi connectivity index (χ1) is 9.97. The minimum atomic E-state index is -1.03. The molecule has 0 saturated heterocycles. The third-order valence-corrected chi connectivity index (χ3v) is 3.01. The van der Waals surface area contributed by atoms with Crippen molar-refractivity contribution >= 4 is 23.4 Å². The smallest absolute Gasteiger partial charge is 0.336 e. The minimum Gasteiger partial charge on any atom is -0.478 e. The number of carbonyl (C=O) groups excluding carboxylic acids is 1. The number of urea groups is 1. The van der Waals surface area contributed by atoms with Gasteiger partial charge in [0.15, 0.2) is 0 Å². The number of carbonyl (C=O) groups is 2. The van der Waals surface area contributed by atoms with Crippen LogP contribution < -0.4 is 10.6 Å². The maximum Gasteiger partial charge on any atom is 0.336 e. The first-order valence-corrected chi connectivity index (χ1v) is 6.30. The van der Waals surface area contributed by atoms with Crippen molar-refractivity contribution in [2.75, 3.05) is 10.6 Å². The predicted octanol–water partition coefficient (Wildman–Crippen LogP) is 3.04. The molecule has 6 heteroatoms. The molecule has 0 atom stereocenters. The number of nitrogens with one attached hydrogen (secondary N) is 2. The number of hydrogen-bond acceptors (Lipinski definition) is 3. The summed E-state index contributed by atoms with van der Waals surface area (Å²) < 4.78 is 0. The summed E-state index contributed by atoms with van der Waals surface area (Å²) in [5, 5.41) is 14.3. The van der Waals surface area contributed by atoms with Crippen molar-refractivity contribution in [2.24, 2.45) is 0 Å². The van der Waals surface area contributed by atoms with E-state index < -0.39 is 12.0 Å². The third kappa shape index (κ3) is 3.56. The molecule has 2 aromatic rings. The maximum atomic E-state index is 11.9. The van der Waals surface area contributed by atoms with E-state index >= 15 is 0 Å². The molecule has 6 nitrogen and oxygen atoms in total. The van der Waals surface area contributed by atoms with Crippen LogP contribution in [0.3, 0.4) is 0 Å². The molecule has 0 radical (unpaired) electrons. The molecule has 2 amide bonds. The van der Waals surface area contributed by atoms with E-state index in [0.717, 1.165) is 5.56 Å². The van der Waals surface area contributed by atoms with Gasteiger partial charge in [0.25, 0.3) is 0 Å². The molecule has 0 fully saturated rings. The van der Waals surface area contributed by atoms with E-state index in [0.29, 0.717) is 16.9 Å². The van der Waals surface area contributed by atoms with Gasteiger partial charge in [-0.1, -0.05) is 6.07 Å². The summed E-state index contributed by atoms with van der Waals surface area (Å²) in [4.78, 5) is 26.9. The largest absolute Gasteiger partial charge is 0.478 e. The van der Waals surface area contributed by atoms with E-state index in [4.69, 9.17) is 5.11 Å². The standard InChI is InChI=1S/C15H15N3O3/c1-9-3-4-11(7-12(9)14(19)20)17-15(21)18-13-8-16-6-5-10(13)2/h3-8H,1-2H3,(H,19,20)(H2,17,18,21). The molecule has 0 unspecified atom stereocenters. The van der Waals surface area contributed by atoms with E-state index in [2.05, 4.69) is 15.6 Å². The zero-order valence-electron chi connectivity index (χ0n) is 11.7. The van der Waals surface area contributed by atoms with Crippen LogP contribution in [0.1, 0.15) is 21.5 Å². The SMILES string of the molecule is Cc1ccncc1NC(=O)Nc1ccc(C)c(C(=O)O)c1. The highest BCUT2D eigenvalue weighted by atomic mass is 16.4. The molecule has 21 heavy (non-hydrogen) atoms. The second-order valence-corrected chi connectivity index (χ2v) is 4.60. The van der Waals surface area contributed by atoms with Gasteiger partial charge in [0, 0.05) is 11.9 Å². The monoisotopic (exact) mass is 285 g/mol. The molecule has 1 heterocycles. The first kappa shape index (κ1) is 14.5. The van der Waals surface area contributed by atoms with Crippen LogP contribution in [0.15, 0.2) is 36.7 Å². The van der Waals surface area contributed by atoms with Crippen LogP contribution in [-0.2, 0) is 0 Å². The lowest BCUT2D eigenvalue weighted by molar-refractivity contribution is 0.0696. The first-order valence-electron chi connectivity index (χ1n) is 6.30. The van der Waals surface area contributed by atoms with Gasteiger partial charge in [-0.05, 0) is 43.2 Å². The summed E-state index contributed by atoms with van der Waals surface area (Å²) in [5.41, 5.74) is 2.69. The number of aromatic nitrogens is 1. The second kappa shape index (κ2) is 6.04. The Kier molecular flexibility index (Phi) is 4.18. The topological polar surface area (TPSA) is 91.3 Å². The number of amides is 2. The summed E-state index contributed by atoms with van der Waals surface area (Å²) in [7, 11) is 0. The van der Waals surface area contributed by atoms with Crippen molar-refractivity contribution in [3.8, 4) is 0 Å². The second-order valence-electron chi connectivity index (χ2n) is 4.60.